The third-order valence-corrected chi connectivity index (χ3v) is 7.44. The molecule has 27 heavy (non-hydrogen) atoms. The molecule has 4 rings (SSSR count). The molecule has 2 aromatic rings. The van der Waals surface area contributed by atoms with Gasteiger partial charge in [-0.2, -0.15) is 4.31 Å². The molecule has 11 heteroatoms. The number of anilines is 1. The van der Waals surface area contributed by atoms with Crippen molar-refractivity contribution in [3.8, 4) is 0 Å². The van der Waals surface area contributed by atoms with Crippen LogP contribution in [0.1, 0.15) is 23.4 Å². The zero-order valence-electron chi connectivity index (χ0n) is 14.1. The smallest absolute Gasteiger partial charge is 0.289 e. The average Bonchev–Trinajstić information content (AvgIpc) is 3.42. The van der Waals surface area contributed by atoms with Crippen molar-refractivity contribution in [2.75, 3.05) is 11.9 Å². The Morgan fingerprint density at radius 1 is 1.33 bits per heavy atom. The van der Waals surface area contributed by atoms with Crippen LogP contribution in [-0.4, -0.2) is 35.1 Å². The number of hydrogen-bond acceptors (Lipinski definition) is 7. The van der Waals surface area contributed by atoms with Crippen LogP contribution in [0, 0.1) is 16.0 Å². The van der Waals surface area contributed by atoms with Gasteiger partial charge in [0, 0.05) is 29.8 Å². The number of para-hydroxylation sites is 1. The van der Waals surface area contributed by atoms with E-state index in [1.165, 1.54) is 39.9 Å². The number of hydrogen-bond donors (Lipinski definition) is 1. The van der Waals surface area contributed by atoms with Crippen LogP contribution in [0.5, 0.6) is 0 Å². The number of carbonyl (C=O) groups excluding carboxylic acids is 1. The van der Waals surface area contributed by atoms with Gasteiger partial charge in [0.15, 0.2) is 10.0 Å². The monoisotopic (exact) mass is 408 g/mol. The van der Waals surface area contributed by atoms with E-state index in [-0.39, 0.29) is 29.8 Å². The summed E-state index contributed by atoms with van der Waals surface area (Å²) in [6.45, 7) is 0.266. The minimum atomic E-state index is -4.01. The summed E-state index contributed by atoms with van der Waals surface area (Å²) in [7, 11) is -4.01. The van der Waals surface area contributed by atoms with Crippen LogP contribution in [0.3, 0.4) is 0 Å². The van der Waals surface area contributed by atoms with Crippen molar-refractivity contribution in [2.24, 2.45) is 5.92 Å². The maximum Gasteiger partial charge on any atom is 0.289 e. The number of nitrogens with one attached hydrogen (secondary N) is 1. The predicted molar refractivity (Wildman–Crippen MR) is 97.9 cm³/mol. The molecular formula is C16H16N4O5S2. The largest absolute Gasteiger partial charge is 0.302 e. The van der Waals surface area contributed by atoms with Crippen LogP contribution in [0.2, 0.25) is 0 Å². The molecule has 0 bridgehead atoms. The Bertz CT molecular complexity index is 1030. The first kappa shape index (κ1) is 18.0. The van der Waals surface area contributed by atoms with Crippen molar-refractivity contribution in [1.29, 1.82) is 0 Å². The van der Waals surface area contributed by atoms with E-state index in [9.17, 15) is 23.3 Å². The SMILES string of the molecule is O=C(Nc1nc2c(s1)CN(S(=O)(=O)c1ccccc1[N+](=O)[O-])CC2)C1CC1. The summed E-state index contributed by atoms with van der Waals surface area (Å²) in [4.78, 5) is 27.2. The van der Waals surface area contributed by atoms with E-state index in [1.807, 2.05) is 0 Å². The number of benzene rings is 1. The molecular weight excluding hydrogens is 392 g/mol. The van der Waals surface area contributed by atoms with Crippen LogP contribution < -0.4 is 5.32 Å². The molecule has 0 unspecified atom stereocenters. The van der Waals surface area contributed by atoms with Crippen molar-refractivity contribution >= 4 is 38.1 Å². The highest BCUT2D eigenvalue weighted by Crippen LogP contribution is 2.35. The standard InChI is InChI=1S/C16H16N4O5S2/c21-15(10-5-6-10)18-16-17-11-7-8-19(9-13(11)26-16)27(24,25)14-4-2-1-3-12(14)20(22)23/h1-4,10H,5-9H2,(H,17,18,21). The zero-order chi connectivity index (χ0) is 19.2. The molecule has 2 heterocycles. The Labute approximate surface area is 159 Å². The molecule has 0 atom stereocenters. The van der Waals surface area contributed by atoms with E-state index in [2.05, 4.69) is 10.3 Å². The highest BCUT2D eigenvalue weighted by Gasteiger charge is 2.35. The van der Waals surface area contributed by atoms with Gasteiger partial charge in [-0.25, -0.2) is 13.4 Å². The van der Waals surface area contributed by atoms with Crippen LogP contribution in [0.4, 0.5) is 10.8 Å². The second-order valence-corrected chi connectivity index (χ2v) is 9.46. The number of amides is 1. The van der Waals surface area contributed by atoms with E-state index >= 15 is 0 Å². The van der Waals surface area contributed by atoms with Crippen LogP contribution in [0.15, 0.2) is 29.2 Å². The molecule has 1 fully saturated rings. The third kappa shape index (κ3) is 3.45. The second kappa shape index (κ2) is 6.66. The number of thiazole rings is 1. The van der Waals surface area contributed by atoms with E-state index in [0.717, 1.165) is 23.4 Å². The second-order valence-electron chi connectivity index (χ2n) is 6.47. The van der Waals surface area contributed by atoms with Crippen molar-refractivity contribution < 1.29 is 18.1 Å². The van der Waals surface area contributed by atoms with Gasteiger partial charge in [0.1, 0.15) is 0 Å². The Kier molecular flexibility index (Phi) is 4.44. The first-order valence-electron chi connectivity index (χ1n) is 8.39. The maximum atomic E-state index is 12.9. The van der Waals surface area contributed by atoms with E-state index in [4.69, 9.17) is 0 Å². The molecule has 1 aromatic carbocycles. The zero-order valence-corrected chi connectivity index (χ0v) is 15.8. The van der Waals surface area contributed by atoms with Crippen molar-refractivity contribution in [3.63, 3.8) is 0 Å². The molecule has 1 aromatic heterocycles. The Morgan fingerprint density at radius 3 is 2.78 bits per heavy atom. The predicted octanol–water partition coefficient (Wildman–Crippen LogP) is 2.15. The lowest BCUT2D eigenvalue weighted by molar-refractivity contribution is -0.387. The van der Waals surface area contributed by atoms with Crippen molar-refractivity contribution in [1.82, 2.24) is 9.29 Å². The Morgan fingerprint density at radius 2 is 2.07 bits per heavy atom. The Hall–Kier alpha value is -2.37. The molecule has 1 saturated carbocycles. The Balaban J connectivity index is 1.58. The number of nitro groups is 1. The van der Waals surface area contributed by atoms with E-state index in [0.29, 0.717) is 11.6 Å². The number of nitrogens with zero attached hydrogens (tertiary/aromatic N) is 3. The molecule has 0 saturated heterocycles. The van der Waals surface area contributed by atoms with Gasteiger partial charge in [0.25, 0.3) is 5.69 Å². The fraction of sp³-hybridized carbons (Fsp3) is 0.375. The van der Waals surface area contributed by atoms with Gasteiger partial charge in [0.05, 0.1) is 17.2 Å². The molecule has 9 nitrogen and oxygen atoms in total. The van der Waals surface area contributed by atoms with Gasteiger partial charge in [0.2, 0.25) is 15.9 Å². The van der Waals surface area contributed by atoms with Gasteiger partial charge >= 0.3 is 0 Å². The first-order valence-corrected chi connectivity index (χ1v) is 10.6. The quantitative estimate of drug-likeness (QED) is 0.597. The summed E-state index contributed by atoms with van der Waals surface area (Å²) in [5.74, 6) is 0.00641. The number of rotatable bonds is 5. The fourth-order valence-corrected chi connectivity index (χ4v) is 5.62. The van der Waals surface area contributed by atoms with E-state index < -0.39 is 20.6 Å². The van der Waals surface area contributed by atoms with Gasteiger partial charge in [-0.15, -0.1) is 11.3 Å². The van der Waals surface area contributed by atoms with Gasteiger partial charge < -0.3 is 5.32 Å². The summed E-state index contributed by atoms with van der Waals surface area (Å²) < 4.78 is 27.1. The highest BCUT2D eigenvalue weighted by atomic mass is 32.2. The lowest BCUT2D eigenvalue weighted by Crippen LogP contribution is -2.35. The summed E-state index contributed by atoms with van der Waals surface area (Å²) >= 11 is 1.25. The average molecular weight is 408 g/mol. The van der Waals surface area contributed by atoms with Crippen LogP contribution in [-0.2, 0) is 27.8 Å². The summed E-state index contributed by atoms with van der Waals surface area (Å²) in [6.07, 6.45) is 2.17. The molecule has 1 aliphatic carbocycles. The van der Waals surface area contributed by atoms with Gasteiger partial charge in [-0.05, 0) is 18.9 Å². The number of aromatic nitrogens is 1. The van der Waals surface area contributed by atoms with Gasteiger partial charge in [-0.1, -0.05) is 12.1 Å². The van der Waals surface area contributed by atoms with Crippen molar-refractivity contribution in [3.05, 3.63) is 45.0 Å². The van der Waals surface area contributed by atoms with E-state index in [1.54, 1.807) is 0 Å². The number of fused-ring (bicyclic) bond motifs is 1. The summed E-state index contributed by atoms with van der Waals surface area (Å²) in [6, 6.07) is 5.33. The first-order chi connectivity index (χ1) is 12.9. The fourth-order valence-electron chi connectivity index (χ4n) is 2.95. The van der Waals surface area contributed by atoms with Crippen molar-refractivity contribution in [2.45, 2.75) is 30.7 Å². The topological polar surface area (TPSA) is 123 Å². The molecule has 1 N–H and O–H groups in total. The number of nitro benzene ring substituents is 1. The number of sulfonamides is 1. The molecule has 0 radical (unpaired) electrons. The normalized spacial score (nSPS) is 17.3. The minimum Gasteiger partial charge on any atom is -0.302 e. The lowest BCUT2D eigenvalue weighted by Gasteiger charge is -2.25. The highest BCUT2D eigenvalue weighted by molar-refractivity contribution is 7.89. The summed E-state index contributed by atoms with van der Waals surface area (Å²) in [5, 5.41) is 14.4. The molecule has 142 valence electrons. The minimum absolute atomic E-state index is 0.0505. The maximum absolute atomic E-state index is 12.9. The molecule has 1 amide bonds. The summed E-state index contributed by atoms with van der Waals surface area (Å²) in [5.41, 5.74) is 0.324. The molecule has 1 aliphatic heterocycles. The molecule has 0 spiro atoms. The van der Waals surface area contributed by atoms with Gasteiger partial charge in [-0.3, -0.25) is 14.9 Å². The van der Waals surface area contributed by atoms with Crippen LogP contribution in [0.25, 0.3) is 0 Å². The lowest BCUT2D eigenvalue weighted by atomic mass is 10.2. The number of carbonyl (C=O) groups is 1. The molecule has 2 aliphatic rings. The third-order valence-electron chi connectivity index (χ3n) is 4.55. The van der Waals surface area contributed by atoms with Crippen LogP contribution >= 0.6 is 11.3 Å².